The minimum absolute atomic E-state index is 0.208. The van der Waals surface area contributed by atoms with E-state index in [0.29, 0.717) is 5.75 Å². The van der Waals surface area contributed by atoms with E-state index in [9.17, 15) is 4.79 Å². The van der Waals surface area contributed by atoms with Crippen LogP contribution in [-0.4, -0.2) is 5.97 Å². The monoisotopic (exact) mass is 284 g/mol. The lowest BCUT2D eigenvalue weighted by Gasteiger charge is -2.21. The van der Waals surface area contributed by atoms with Crippen LogP contribution in [0.2, 0.25) is 0 Å². The van der Waals surface area contributed by atoms with Gasteiger partial charge in [-0.25, -0.2) is 4.79 Å². The number of esters is 1. The van der Waals surface area contributed by atoms with E-state index >= 15 is 0 Å². The second-order valence-corrected chi connectivity index (χ2v) is 5.78. The molecule has 0 saturated carbocycles. The summed E-state index contributed by atoms with van der Waals surface area (Å²) < 4.78 is 5.62. The van der Waals surface area contributed by atoms with E-state index in [1.54, 1.807) is 0 Å². The smallest absolute Gasteiger partial charge is 0.330 e. The molecule has 0 saturated heterocycles. The zero-order valence-electron chi connectivity index (χ0n) is 11.7. The molecule has 0 bridgehead atoms. The first-order valence-electron chi connectivity index (χ1n) is 7.34. The van der Waals surface area contributed by atoms with Gasteiger partial charge in [-0.05, 0) is 28.0 Å². The van der Waals surface area contributed by atoms with Gasteiger partial charge in [0.1, 0.15) is 11.2 Å². The molecule has 0 radical (unpaired) electrons. The Balaban J connectivity index is 1.95. The van der Waals surface area contributed by atoms with Gasteiger partial charge in [0.05, 0.1) is 0 Å². The van der Waals surface area contributed by atoms with Crippen molar-refractivity contribution in [2.75, 3.05) is 0 Å². The third-order valence-electron chi connectivity index (χ3n) is 4.71. The Morgan fingerprint density at radius 1 is 0.864 bits per heavy atom. The molecule has 3 aromatic carbocycles. The molecule has 0 aromatic heterocycles. The van der Waals surface area contributed by atoms with Crippen LogP contribution in [0.5, 0.6) is 5.75 Å². The Kier molecular flexibility index (Phi) is 2.06. The van der Waals surface area contributed by atoms with Crippen molar-refractivity contribution in [2.45, 2.75) is 5.41 Å². The summed E-state index contributed by atoms with van der Waals surface area (Å²) in [4.78, 5) is 12.8. The van der Waals surface area contributed by atoms with Crippen molar-refractivity contribution < 1.29 is 9.53 Å². The summed E-state index contributed by atoms with van der Waals surface area (Å²) in [6, 6.07) is 20.1. The van der Waals surface area contributed by atoms with Crippen LogP contribution in [0.15, 0.2) is 66.7 Å². The number of ether oxygens (including phenoxy) is 1. The van der Waals surface area contributed by atoms with E-state index in [0.717, 1.165) is 27.5 Å². The van der Waals surface area contributed by atoms with Crippen LogP contribution in [0.4, 0.5) is 0 Å². The average molecular weight is 284 g/mol. The van der Waals surface area contributed by atoms with Crippen LogP contribution in [0.1, 0.15) is 16.7 Å². The van der Waals surface area contributed by atoms with Crippen LogP contribution in [0.3, 0.4) is 0 Å². The molecular weight excluding hydrogens is 272 g/mol. The van der Waals surface area contributed by atoms with E-state index in [-0.39, 0.29) is 5.97 Å². The molecule has 1 spiro atoms. The molecule has 1 heterocycles. The normalized spacial score (nSPS) is 21.2. The third kappa shape index (κ3) is 1.23. The first-order valence-corrected chi connectivity index (χ1v) is 7.34. The lowest BCUT2D eigenvalue weighted by molar-refractivity contribution is -0.135. The molecular formula is C20H12O2. The zero-order chi connectivity index (χ0) is 14.7. The van der Waals surface area contributed by atoms with Crippen molar-refractivity contribution in [3.8, 4) is 5.75 Å². The largest absolute Gasteiger partial charge is 0.425 e. The van der Waals surface area contributed by atoms with Crippen LogP contribution in [0.25, 0.3) is 16.8 Å². The highest BCUT2D eigenvalue weighted by Gasteiger charge is 2.52. The van der Waals surface area contributed by atoms with E-state index in [4.69, 9.17) is 4.74 Å². The van der Waals surface area contributed by atoms with Gasteiger partial charge in [0, 0.05) is 5.56 Å². The summed E-state index contributed by atoms with van der Waals surface area (Å²) in [5.41, 5.74) is 2.26. The second kappa shape index (κ2) is 3.86. The van der Waals surface area contributed by atoms with Crippen LogP contribution in [0, 0.1) is 0 Å². The fourth-order valence-electron chi connectivity index (χ4n) is 3.73. The van der Waals surface area contributed by atoms with Crippen molar-refractivity contribution in [1.82, 2.24) is 0 Å². The van der Waals surface area contributed by atoms with E-state index in [2.05, 4.69) is 12.1 Å². The molecule has 0 fully saturated rings. The summed E-state index contributed by atoms with van der Waals surface area (Å²) in [7, 11) is 0. The summed E-state index contributed by atoms with van der Waals surface area (Å²) in [6.45, 7) is 0. The minimum Gasteiger partial charge on any atom is -0.425 e. The molecule has 1 aliphatic heterocycles. The molecule has 2 nitrogen and oxygen atoms in total. The minimum atomic E-state index is -0.799. The van der Waals surface area contributed by atoms with Gasteiger partial charge in [0.2, 0.25) is 0 Å². The standard InChI is InChI=1S/C20H12O2/c21-19-20(12-11-14-6-2-4-8-16(14)20)18-15-7-3-1-5-13(15)9-10-17(18)22-19/h1-12H. The predicted octanol–water partition coefficient (Wildman–Crippen LogP) is 4.07. The van der Waals surface area contributed by atoms with Crippen LogP contribution in [-0.2, 0) is 10.2 Å². The summed E-state index contributed by atoms with van der Waals surface area (Å²) in [5, 5.41) is 2.20. The molecule has 2 heteroatoms. The predicted molar refractivity (Wildman–Crippen MR) is 85.8 cm³/mol. The maximum atomic E-state index is 12.8. The number of rotatable bonds is 0. The molecule has 1 atom stereocenters. The molecule has 1 unspecified atom stereocenters. The molecule has 5 rings (SSSR count). The van der Waals surface area contributed by atoms with E-state index in [1.165, 1.54) is 0 Å². The lowest BCUT2D eigenvalue weighted by Crippen LogP contribution is -2.31. The maximum absolute atomic E-state index is 12.8. The number of carbonyl (C=O) groups is 1. The van der Waals surface area contributed by atoms with Gasteiger partial charge in [0.25, 0.3) is 0 Å². The molecule has 2 aliphatic rings. The van der Waals surface area contributed by atoms with Crippen molar-refractivity contribution in [3.63, 3.8) is 0 Å². The Bertz CT molecular complexity index is 984. The number of carbonyl (C=O) groups excluding carboxylic acids is 1. The quantitative estimate of drug-likeness (QED) is 0.459. The Morgan fingerprint density at radius 3 is 2.64 bits per heavy atom. The molecule has 0 amide bonds. The molecule has 22 heavy (non-hydrogen) atoms. The number of hydrogen-bond donors (Lipinski definition) is 0. The van der Waals surface area contributed by atoms with Crippen molar-refractivity contribution in [1.29, 1.82) is 0 Å². The van der Waals surface area contributed by atoms with Crippen LogP contribution >= 0.6 is 0 Å². The van der Waals surface area contributed by atoms with Gasteiger partial charge in [-0.15, -0.1) is 0 Å². The van der Waals surface area contributed by atoms with Crippen molar-refractivity contribution in [3.05, 3.63) is 83.4 Å². The Hall–Kier alpha value is -2.87. The zero-order valence-corrected chi connectivity index (χ0v) is 11.7. The first kappa shape index (κ1) is 11.8. The highest BCUT2D eigenvalue weighted by molar-refractivity contribution is 6.06. The van der Waals surface area contributed by atoms with Gasteiger partial charge in [-0.3, -0.25) is 0 Å². The molecule has 104 valence electrons. The Labute approximate surface area is 127 Å². The number of hydrogen-bond acceptors (Lipinski definition) is 2. The maximum Gasteiger partial charge on any atom is 0.330 e. The highest BCUT2D eigenvalue weighted by Crippen LogP contribution is 2.52. The summed E-state index contributed by atoms with van der Waals surface area (Å²) in [6.07, 6.45) is 4.01. The van der Waals surface area contributed by atoms with Gasteiger partial charge in [0.15, 0.2) is 0 Å². The second-order valence-electron chi connectivity index (χ2n) is 5.78. The third-order valence-corrected chi connectivity index (χ3v) is 4.71. The van der Waals surface area contributed by atoms with Crippen molar-refractivity contribution in [2.24, 2.45) is 0 Å². The van der Waals surface area contributed by atoms with Gasteiger partial charge < -0.3 is 4.74 Å². The molecule has 0 N–H and O–H groups in total. The molecule has 1 aliphatic carbocycles. The van der Waals surface area contributed by atoms with E-state index < -0.39 is 5.41 Å². The average Bonchev–Trinajstić information content (AvgIpc) is 3.08. The summed E-state index contributed by atoms with van der Waals surface area (Å²) in [5.74, 6) is 0.463. The summed E-state index contributed by atoms with van der Waals surface area (Å²) >= 11 is 0. The van der Waals surface area contributed by atoms with E-state index in [1.807, 2.05) is 60.7 Å². The van der Waals surface area contributed by atoms with Gasteiger partial charge in [-0.1, -0.05) is 66.7 Å². The van der Waals surface area contributed by atoms with Gasteiger partial charge in [-0.2, -0.15) is 0 Å². The van der Waals surface area contributed by atoms with Gasteiger partial charge >= 0.3 is 5.97 Å². The molecule has 3 aromatic rings. The highest BCUT2D eigenvalue weighted by atomic mass is 16.5. The Morgan fingerprint density at radius 2 is 1.68 bits per heavy atom. The van der Waals surface area contributed by atoms with Crippen molar-refractivity contribution >= 4 is 22.8 Å². The fourth-order valence-corrected chi connectivity index (χ4v) is 3.73. The SMILES string of the molecule is O=C1Oc2ccc3ccccc3c2C12C=Cc1ccccc12. The lowest BCUT2D eigenvalue weighted by atomic mass is 9.75. The number of fused-ring (bicyclic) bond motifs is 6. The number of benzene rings is 3. The topological polar surface area (TPSA) is 26.3 Å². The first-order chi connectivity index (χ1) is 10.8. The fraction of sp³-hybridized carbons (Fsp3) is 0.0500. The van der Waals surface area contributed by atoms with Crippen LogP contribution < -0.4 is 4.74 Å².